The van der Waals surface area contributed by atoms with Crippen LogP contribution in [0.1, 0.15) is 13.8 Å². The lowest BCUT2D eigenvalue weighted by atomic mass is 10.1. The minimum absolute atomic E-state index is 0.0331. The van der Waals surface area contributed by atoms with Crippen molar-refractivity contribution in [3.8, 4) is 0 Å². The lowest BCUT2D eigenvalue weighted by molar-refractivity contribution is 0.313. The standard InChI is InChI=1S/C25H34N8O/c1-17-14-26-15-18(2)33(17)22-13-19-16-27-25(29-23(19)31(4)24(22)34)28-20-5-7-21(8-6-20)32-11-9-30(3)10-12-32/h5-8,13,16-18,26H,9-12,14-15H2,1-4H3,(H,27,28,29). The van der Waals surface area contributed by atoms with Crippen LogP contribution in [0.5, 0.6) is 0 Å². The number of aryl methyl sites for hydroxylation is 1. The molecule has 180 valence electrons. The number of aromatic nitrogens is 3. The summed E-state index contributed by atoms with van der Waals surface area (Å²) in [5.41, 5.74) is 3.44. The van der Waals surface area contributed by atoms with Gasteiger partial charge in [-0.2, -0.15) is 4.98 Å². The van der Waals surface area contributed by atoms with Crippen molar-refractivity contribution >= 4 is 34.0 Å². The smallest absolute Gasteiger partial charge is 0.275 e. The van der Waals surface area contributed by atoms with Crippen molar-refractivity contribution in [2.24, 2.45) is 7.05 Å². The number of pyridine rings is 1. The maximum absolute atomic E-state index is 13.3. The number of hydrogen-bond acceptors (Lipinski definition) is 8. The van der Waals surface area contributed by atoms with E-state index in [0.29, 0.717) is 17.3 Å². The zero-order valence-corrected chi connectivity index (χ0v) is 20.5. The van der Waals surface area contributed by atoms with Gasteiger partial charge in [0.25, 0.3) is 5.56 Å². The van der Waals surface area contributed by atoms with Crippen molar-refractivity contribution in [3.63, 3.8) is 0 Å². The molecule has 9 heteroatoms. The number of fused-ring (bicyclic) bond motifs is 1. The van der Waals surface area contributed by atoms with Crippen molar-refractivity contribution in [1.82, 2.24) is 24.8 Å². The predicted octanol–water partition coefficient (Wildman–Crippen LogP) is 2.01. The number of anilines is 4. The van der Waals surface area contributed by atoms with E-state index in [1.807, 2.05) is 6.07 Å². The van der Waals surface area contributed by atoms with E-state index >= 15 is 0 Å². The largest absolute Gasteiger partial charge is 0.369 e. The molecule has 2 saturated heterocycles. The van der Waals surface area contributed by atoms with Gasteiger partial charge in [0, 0.05) is 81.4 Å². The lowest BCUT2D eigenvalue weighted by Gasteiger charge is -2.40. The molecule has 2 atom stereocenters. The summed E-state index contributed by atoms with van der Waals surface area (Å²) in [7, 11) is 3.95. The molecule has 1 aromatic carbocycles. The minimum atomic E-state index is -0.0331. The maximum Gasteiger partial charge on any atom is 0.275 e. The Balaban J connectivity index is 1.38. The van der Waals surface area contributed by atoms with Gasteiger partial charge in [0.05, 0.1) is 0 Å². The molecular weight excluding hydrogens is 428 g/mol. The second-order valence-electron chi connectivity index (χ2n) is 9.59. The normalized spacial score (nSPS) is 21.8. The first-order valence-electron chi connectivity index (χ1n) is 12.1. The third-order valence-corrected chi connectivity index (χ3v) is 7.03. The molecule has 2 aliphatic heterocycles. The van der Waals surface area contributed by atoms with E-state index in [0.717, 1.165) is 50.3 Å². The Labute approximate surface area is 200 Å². The summed E-state index contributed by atoms with van der Waals surface area (Å²) in [4.78, 5) is 29.4. The molecule has 34 heavy (non-hydrogen) atoms. The van der Waals surface area contributed by atoms with Gasteiger partial charge in [-0.3, -0.25) is 9.36 Å². The van der Waals surface area contributed by atoms with E-state index in [4.69, 9.17) is 0 Å². The van der Waals surface area contributed by atoms with Crippen LogP contribution in [-0.4, -0.2) is 77.8 Å². The number of nitrogens with one attached hydrogen (secondary N) is 2. The fraction of sp³-hybridized carbons (Fsp3) is 0.480. The average Bonchev–Trinajstić information content (AvgIpc) is 2.83. The van der Waals surface area contributed by atoms with Crippen molar-refractivity contribution in [3.05, 3.63) is 46.9 Å². The van der Waals surface area contributed by atoms with Gasteiger partial charge in [-0.05, 0) is 51.2 Å². The number of likely N-dealkylation sites (N-methyl/N-ethyl adjacent to an activating group) is 1. The van der Waals surface area contributed by atoms with Gasteiger partial charge in [0.2, 0.25) is 5.95 Å². The summed E-state index contributed by atoms with van der Waals surface area (Å²) in [6.07, 6.45) is 1.80. The molecule has 2 unspecified atom stereocenters. The van der Waals surface area contributed by atoms with Crippen LogP contribution in [-0.2, 0) is 7.05 Å². The Morgan fingerprint density at radius 1 is 1.00 bits per heavy atom. The molecule has 2 N–H and O–H groups in total. The molecule has 0 spiro atoms. The second kappa shape index (κ2) is 9.23. The zero-order valence-electron chi connectivity index (χ0n) is 20.5. The van der Waals surface area contributed by atoms with Gasteiger partial charge in [-0.25, -0.2) is 4.98 Å². The molecule has 9 nitrogen and oxygen atoms in total. The van der Waals surface area contributed by atoms with Crippen LogP contribution in [0.15, 0.2) is 41.3 Å². The zero-order chi connectivity index (χ0) is 23.8. The molecule has 0 radical (unpaired) electrons. The Kier molecular flexibility index (Phi) is 6.14. The van der Waals surface area contributed by atoms with E-state index < -0.39 is 0 Å². The molecular formula is C25H34N8O. The Hall–Kier alpha value is -3.17. The molecule has 2 aromatic heterocycles. The predicted molar refractivity (Wildman–Crippen MR) is 138 cm³/mol. The summed E-state index contributed by atoms with van der Waals surface area (Å²) in [5, 5.41) is 7.56. The molecule has 2 fully saturated rings. The van der Waals surface area contributed by atoms with E-state index in [2.05, 4.69) is 80.5 Å². The number of nitrogens with zero attached hydrogens (tertiary/aromatic N) is 6. The van der Waals surface area contributed by atoms with Crippen LogP contribution in [0, 0.1) is 0 Å². The van der Waals surface area contributed by atoms with Crippen LogP contribution in [0.4, 0.5) is 23.0 Å². The highest BCUT2D eigenvalue weighted by molar-refractivity contribution is 5.80. The highest BCUT2D eigenvalue weighted by Crippen LogP contribution is 2.24. The van der Waals surface area contributed by atoms with Crippen LogP contribution >= 0.6 is 0 Å². The summed E-state index contributed by atoms with van der Waals surface area (Å²) < 4.78 is 1.63. The number of hydrogen-bond donors (Lipinski definition) is 2. The minimum Gasteiger partial charge on any atom is -0.369 e. The summed E-state index contributed by atoms with van der Waals surface area (Å²) in [5.74, 6) is 0.478. The van der Waals surface area contributed by atoms with Crippen molar-refractivity contribution in [1.29, 1.82) is 0 Å². The fourth-order valence-corrected chi connectivity index (χ4v) is 5.03. The SMILES string of the molecule is CC1CNCC(C)N1c1cc2cnc(Nc3ccc(N4CCN(C)CC4)cc3)nc2n(C)c1=O. The molecule has 3 aromatic rings. The van der Waals surface area contributed by atoms with Crippen LogP contribution in [0.25, 0.3) is 11.0 Å². The monoisotopic (exact) mass is 462 g/mol. The Morgan fingerprint density at radius 3 is 2.35 bits per heavy atom. The van der Waals surface area contributed by atoms with Gasteiger partial charge in [0.1, 0.15) is 11.3 Å². The van der Waals surface area contributed by atoms with Crippen LogP contribution in [0.3, 0.4) is 0 Å². The van der Waals surface area contributed by atoms with E-state index in [9.17, 15) is 4.79 Å². The van der Waals surface area contributed by atoms with Crippen molar-refractivity contribution in [2.75, 3.05) is 61.4 Å². The van der Waals surface area contributed by atoms with Gasteiger partial charge >= 0.3 is 0 Å². The van der Waals surface area contributed by atoms with Gasteiger partial charge in [-0.15, -0.1) is 0 Å². The maximum atomic E-state index is 13.3. The molecule has 0 bridgehead atoms. The number of benzene rings is 1. The second-order valence-corrected chi connectivity index (χ2v) is 9.59. The van der Waals surface area contributed by atoms with Crippen molar-refractivity contribution in [2.45, 2.75) is 25.9 Å². The van der Waals surface area contributed by atoms with E-state index in [1.54, 1.807) is 17.8 Å². The third-order valence-electron chi connectivity index (χ3n) is 7.03. The van der Waals surface area contributed by atoms with E-state index in [-0.39, 0.29) is 17.6 Å². The molecule has 4 heterocycles. The molecule has 5 rings (SSSR count). The molecule has 0 aliphatic carbocycles. The topological polar surface area (TPSA) is 81.6 Å². The third kappa shape index (κ3) is 4.33. The quantitative estimate of drug-likeness (QED) is 0.610. The van der Waals surface area contributed by atoms with Crippen LogP contribution < -0.4 is 26.0 Å². The first-order valence-corrected chi connectivity index (χ1v) is 12.1. The van der Waals surface area contributed by atoms with Gasteiger partial charge in [0.15, 0.2) is 0 Å². The first-order chi connectivity index (χ1) is 16.4. The highest BCUT2D eigenvalue weighted by atomic mass is 16.1. The Morgan fingerprint density at radius 2 is 1.68 bits per heavy atom. The van der Waals surface area contributed by atoms with Gasteiger partial charge < -0.3 is 25.3 Å². The number of piperazine rings is 2. The van der Waals surface area contributed by atoms with Gasteiger partial charge in [-0.1, -0.05) is 0 Å². The average molecular weight is 463 g/mol. The summed E-state index contributed by atoms with van der Waals surface area (Å²) >= 11 is 0. The molecule has 2 aliphatic rings. The van der Waals surface area contributed by atoms with Crippen LogP contribution in [0.2, 0.25) is 0 Å². The fourth-order valence-electron chi connectivity index (χ4n) is 5.03. The number of rotatable bonds is 4. The van der Waals surface area contributed by atoms with Crippen molar-refractivity contribution < 1.29 is 0 Å². The van der Waals surface area contributed by atoms with E-state index in [1.165, 1.54) is 5.69 Å². The first kappa shape index (κ1) is 22.6. The summed E-state index contributed by atoms with van der Waals surface area (Å²) in [6, 6.07) is 10.8. The molecule has 0 amide bonds. The lowest BCUT2D eigenvalue weighted by Crippen LogP contribution is -2.56. The summed E-state index contributed by atoms with van der Waals surface area (Å²) in [6.45, 7) is 10.2. The molecule has 0 saturated carbocycles. The highest BCUT2D eigenvalue weighted by Gasteiger charge is 2.27. The Bertz CT molecular complexity index is 1210.